The number of hydrazine groups is 1. The summed E-state index contributed by atoms with van der Waals surface area (Å²) in [5.74, 6) is 6.42. The Morgan fingerprint density at radius 3 is 3.11 bits per heavy atom. The second kappa shape index (κ2) is 5.96. The number of thiophene rings is 1. The Balaban J connectivity index is 1.76. The molecule has 0 radical (unpaired) electrons. The van der Waals surface area contributed by atoms with Gasteiger partial charge in [0.25, 0.3) is 0 Å². The van der Waals surface area contributed by atoms with Crippen LogP contribution in [0.25, 0.3) is 10.2 Å². The first-order valence-electron chi connectivity index (χ1n) is 6.74. The Morgan fingerprint density at radius 2 is 2.32 bits per heavy atom. The fraction of sp³-hybridized carbons (Fsp3) is 0.500. The Labute approximate surface area is 116 Å². The van der Waals surface area contributed by atoms with Crippen molar-refractivity contribution in [3.05, 3.63) is 29.3 Å². The molecule has 2 aromatic heterocycles. The van der Waals surface area contributed by atoms with Gasteiger partial charge in [0.15, 0.2) is 0 Å². The van der Waals surface area contributed by atoms with Crippen molar-refractivity contribution in [2.75, 3.05) is 13.2 Å². The molecule has 0 spiro atoms. The molecule has 1 aliphatic rings. The summed E-state index contributed by atoms with van der Waals surface area (Å²) in [4.78, 5) is 4.49. The van der Waals surface area contributed by atoms with Crippen LogP contribution in [0.2, 0.25) is 0 Å². The quantitative estimate of drug-likeness (QED) is 0.666. The van der Waals surface area contributed by atoms with Crippen molar-refractivity contribution < 1.29 is 4.74 Å². The summed E-state index contributed by atoms with van der Waals surface area (Å²) >= 11 is 1.72. The summed E-state index contributed by atoms with van der Waals surface area (Å²) in [6.45, 7) is 1.76. The molecule has 1 atom stereocenters. The van der Waals surface area contributed by atoms with Gasteiger partial charge in [0.05, 0.1) is 10.2 Å². The van der Waals surface area contributed by atoms with Crippen LogP contribution in [0.5, 0.6) is 0 Å². The smallest absolute Gasteiger partial charge is 0.0809 e. The second-order valence-corrected chi connectivity index (χ2v) is 6.03. The van der Waals surface area contributed by atoms with E-state index in [9.17, 15) is 0 Å². The molecule has 1 saturated heterocycles. The molecule has 1 fully saturated rings. The summed E-state index contributed by atoms with van der Waals surface area (Å²) in [5.41, 5.74) is 5.20. The fourth-order valence-electron chi connectivity index (χ4n) is 2.67. The van der Waals surface area contributed by atoms with Gasteiger partial charge in [-0.05, 0) is 48.3 Å². The van der Waals surface area contributed by atoms with Gasteiger partial charge in [0, 0.05) is 25.5 Å². The number of nitrogens with two attached hydrogens (primary N) is 1. The van der Waals surface area contributed by atoms with Crippen LogP contribution in [0, 0.1) is 5.92 Å². The molecule has 0 saturated carbocycles. The first-order valence-corrected chi connectivity index (χ1v) is 7.62. The molecule has 4 nitrogen and oxygen atoms in total. The van der Waals surface area contributed by atoms with Crippen molar-refractivity contribution in [2.24, 2.45) is 11.8 Å². The van der Waals surface area contributed by atoms with Crippen LogP contribution in [-0.2, 0) is 4.74 Å². The van der Waals surface area contributed by atoms with Gasteiger partial charge < -0.3 is 4.74 Å². The third-order valence-electron chi connectivity index (χ3n) is 3.84. The van der Waals surface area contributed by atoms with Crippen molar-refractivity contribution in [1.29, 1.82) is 0 Å². The second-order valence-electron chi connectivity index (χ2n) is 5.08. The molecule has 1 aliphatic heterocycles. The van der Waals surface area contributed by atoms with Gasteiger partial charge in [-0.3, -0.25) is 16.3 Å². The summed E-state index contributed by atoms with van der Waals surface area (Å²) in [6.07, 6.45) is 5.26. The zero-order chi connectivity index (χ0) is 13.1. The summed E-state index contributed by atoms with van der Waals surface area (Å²) < 4.78 is 6.63. The molecule has 0 aromatic carbocycles. The van der Waals surface area contributed by atoms with Crippen LogP contribution in [0.4, 0.5) is 0 Å². The third-order valence-corrected chi connectivity index (χ3v) is 4.69. The SMILES string of the molecule is NNC(CC1CCOCC1)c1cnc2ccsc2c1. The van der Waals surface area contributed by atoms with Crippen molar-refractivity contribution in [3.8, 4) is 0 Å². The lowest BCUT2D eigenvalue weighted by Crippen LogP contribution is -2.31. The van der Waals surface area contributed by atoms with Crippen LogP contribution >= 0.6 is 11.3 Å². The lowest BCUT2D eigenvalue weighted by atomic mass is 9.90. The van der Waals surface area contributed by atoms with Crippen LogP contribution < -0.4 is 11.3 Å². The number of rotatable bonds is 4. The Hall–Kier alpha value is -1.01. The van der Waals surface area contributed by atoms with Crippen LogP contribution in [-0.4, -0.2) is 18.2 Å². The molecule has 0 aliphatic carbocycles. The van der Waals surface area contributed by atoms with Gasteiger partial charge in [-0.2, -0.15) is 0 Å². The van der Waals surface area contributed by atoms with E-state index in [1.54, 1.807) is 11.3 Å². The minimum absolute atomic E-state index is 0.182. The predicted molar refractivity (Wildman–Crippen MR) is 77.8 cm³/mol. The highest BCUT2D eigenvalue weighted by molar-refractivity contribution is 7.17. The highest BCUT2D eigenvalue weighted by Gasteiger charge is 2.20. The lowest BCUT2D eigenvalue weighted by Gasteiger charge is -2.26. The van der Waals surface area contributed by atoms with Gasteiger partial charge in [0.1, 0.15) is 0 Å². The molecule has 2 aromatic rings. The van der Waals surface area contributed by atoms with E-state index in [4.69, 9.17) is 10.6 Å². The maximum absolute atomic E-state index is 5.74. The lowest BCUT2D eigenvalue weighted by molar-refractivity contribution is 0.0605. The van der Waals surface area contributed by atoms with Crippen molar-refractivity contribution in [1.82, 2.24) is 10.4 Å². The van der Waals surface area contributed by atoms with E-state index in [0.717, 1.165) is 38.0 Å². The number of aromatic nitrogens is 1. The van der Waals surface area contributed by atoms with Crippen molar-refractivity contribution >= 4 is 21.6 Å². The van der Waals surface area contributed by atoms with Crippen LogP contribution in [0.1, 0.15) is 30.9 Å². The monoisotopic (exact) mass is 277 g/mol. The fourth-order valence-corrected chi connectivity index (χ4v) is 3.46. The maximum Gasteiger partial charge on any atom is 0.0809 e. The molecule has 102 valence electrons. The van der Waals surface area contributed by atoms with E-state index in [0.29, 0.717) is 5.92 Å². The highest BCUT2D eigenvalue weighted by atomic mass is 32.1. The van der Waals surface area contributed by atoms with Gasteiger partial charge in [0.2, 0.25) is 0 Å². The number of pyridine rings is 1. The van der Waals surface area contributed by atoms with E-state index in [-0.39, 0.29) is 6.04 Å². The Morgan fingerprint density at radius 1 is 1.47 bits per heavy atom. The molecule has 3 heterocycles. The molecule has 1 unspecified atom stereocenters. The number of hydrogen-bond donors (Lipinski definition) is 2. The van der Waals surface area contributed by atoms with E-state index >= 15 is 0 Å². The Bertz CT molecular complexity index is 536. The standard InChI is InChI=1S/C14H19N3OS/c15-17-13(7-10-1-4-18-5-2-10)11-8-14-12(16-9-11)3-6-19-14/h3,6,8-10,13,17H,1-2,4-5,7,15H2. The normalized spacial score (nSPS) is 18.8. The predicted octanol–water partition coefficient (Wildman–Crippen LogP) is 2.62. The minimum atomic E-state index is 0.182. The average molecular weight is 277 g/mol. The summed E-state index contributed by atoms with van der Waals surface area (Å²) in [7, 11) is 0. The molecular weight excluding hydrogens is 258 g/mol. The zero-order valence-electron chi connectivity index (χ0n) is 10.8. The summed E-state index contributed by atoms with van der Waals surface area (Å²) in [6, 6.07) is 4.44. The minimum Gasteiger partial charge on any atom is -0.381 e. The van der Waals surface area contributed by atoms with Crippen LogP contribution in [0.15, 0.2) is 23.7 Å². The number of nitrogens with one attached hydrogen (secondary N) is 1. The number of hydrogen-bond acceptors (Lipinski definition) is 5. The van der Waals surface area contributed by atoms with Crippen LogP contribution in [0.3, 0.4) is 0 Å². The maximum atomic E-state index is 5.74. The van der Waals surface area contributed by atoms with E-state index in [1.165, 1.54) is 10.3 Å². The molecule has 19 heavy (non-hydrogen) atoms. The molecule has 3 rings (SSSR count). The largest absolute Gasteiger partial charge is 0.381 e. The van der Waals surface area contributed by atoms with E-state index in [1.807, 2.05) is 12.3 Å². The van der Waals surface area contributed by atoms with Crippen molar-refractivity contribution in [2.45, 2.75) is 25.3 Å². The summed E-state index contributed by atoms with van der Waals surface area (Å²) in [5, 5.41) is 2.07. The third kappa shape index (κ3) is 2.95. The van der Waals surface area contributed by atoms with Gasteiger partial charge in [-0.1, -0.05) is 0 Å². The number of fused-ring (bicyclic) bond motifs is 1. The van der Waals surface area contributed by atoms with Crippen molar-refractivity contribution in [3.63, 3.8) is 0 Å². The average Bonchev–Trinajstić information content (AvgIpc) is 2.93. The molecule has 3 N–H and O–H groups in total. The zero-order valence-corrected chi connectivity index (χ0v) is 11.7. The number of ether oxygens (including phenoxy) is 1. The number of nitrogens with zero attached hydrogens (tertiary/aromatic N) is 1. The van der Waals surface area contributed by atoms with Gasteiger partial charge in [-0.25, -0.2) is 0 Å². The molecular formula is C14H19N3OS. The molecule has 0 amide bonds. The van der Waals surface area contributed by atoms with Gasteiger partial charge >= 0.3 is 0 Å². The molecule has 5 heteroatoms. The first kappa shape index (κ1) is 13.0. The van der Waals surface area contributed by atoms with E-state index < -0.39 is 0 Å². The van der Waals surface area contributed by atoms with E-state index in [2.05, 4.69) is 21.9 Å². The topological polar surface area (TPSA) is 60.2 Å². The van der Waals surface area contributed by atoms with Gasteiger partial charge in [-0.15, -0.1) is 11.3 Å². The molecule has 0 bridgehead atoms. The first-order chi connectivity index (χ1) is 9.36. The highest BCUT2D eigenvalue weighted by Crippen LogP contribution is 2.29. The Kier molecular flexibility index (Phi) is 4.08.